The first-order valence-corrected chi connectivity index (χ1v) is 6.92. The third-order valence-corrected chi connectivity index (χ3v) is 4.38. The second-order valence-electron chi connectivity index (χ2n) is 5.48. The van der Waals surface area contributed by atoms with Gasteiger partial charge in [-0.1, -0.05) is 32.1 Å². The molecular formula is C14H22F2O. The van der Waals surface area contributed by atoms with Gasteiger partial charge in [-0.2, -0.15) is 8.78 Å². The Morgan fingerprint density at radius 1 is 0.824 bits per heavy atom. The molecule has 0 heterocycles. The van der Waals surface area contributed by atoms with Gasteiger partial charge in [0.1, 0.15) is 6.26 Å². The van der Waals surface area contributed by atoms with Crippen molar-refractivity contribution in [1.82, 2.24) is 0 Å². The average Bonchev–Trinajstić information content (AvgIpc) is 2.38. The lowest BCUT2D eigenvalue weighted by molar-refractivity contribution is 0.0616. The van der Waals surface area contributed by atoms with E-state index < -0.39 is 6.08 Å². The lowest BCUT2D eigenvalue weighted by Gasteiger charge is -2.35. The van der Waals surface area contributed by atoms with Crippen LogP contribution in [-0.2, 0) is 4.74 Å². The zero-order chi connectivity index (χ0) is 12.1. The summed E-state index contributed by atoms with van der Waals surface area (Å²) < 4.78 is 28.9. The largest absolute Gasteiger partial charge is 0.492 e. The highest BCUT2D eigenvalue weighted by Gasteiger charge is 2.28. The maximum Gasteiger partial charge on any atom is 0.304 e. The lowest BCUT2D eigenvalue weighted by atomic mass is 9.73. The molecule has 98 valence electrons. The van der Waals surface area contributed by atoms with Crippen LogP contribution in [0.4, 0.5) is 8.78 Å². The van der Waals surface area contributed by atoms with E-state index >= 15 is 0 Å². The van der Waals surface area contributed by atoms with Crippen LogP contribution in [-0.4, -0.2) is 6.10 Å². The smallest absolute Gasteiger partial charge is 0.304 e. The van der Waals surface area contributed by atoms with Crippen molar-refractivity contribution in [2.24, 2.45) is 11.8 Å². The normalized spacial score (nSPS) is 30.9. The Morgan fingerprint density at radius 3 is 2.00 bits per heavy atom. The van der Waals surface area contributed by atoms with Crippen molar-refractivity contribution in [3.63, 3.8) is 0 Å². The van der Waals surface area contributed by atoms with Crippen LogP contribution in [0, 0.1) is 11.8 Å². The molecule has 0 aliphatic heterocycles. The van der Waals surface area contributed by atoms with E-state index in [1.165, 1.54) is 32.1 Å². The summed E-state index contributed by atoms with van der Waals surface area (Å²) in [5.41, 5.74) is 0. The molecule has 0 N–H and O–H groups in total. The van der Waals surface area contributed by atoms with Gasteiger partial charge in [-0.05, 0) is 37.5 Å². The maximum absolute atomic E-state index is 11.9. The molecule has 0 bridgehead atoms. The number of rotatable bonds is 3. The molecular weight excluding hydrogens is 222 g/mol. The maximum atomic E-state index is 11.9. The van der Waals surface area contributed by atoms with E-state index in [1.54, 1.807) is 0 Å². The standard InChI is InChI=1S/C14H22F2O/c15-14(16)10-17-13-8-6-12(7-9-13)11-4-2-1-3-5-11/h10-13H,1-9H2. The highest BCUT2D eigenvalue weighted by Crippen LogP contribution is 2.38. The molecule has 0 radical (unpaired) electrons. The molecule has 2 rings (SSSR count). The van der Waals surface area contributed by atoms with Gasteiger partial charge in [-0.15, -0.1) is 0 Å². The third kappa shape index (κ3) is 3.97. The molecule has 0 amide bonds. The van der Waals surface area contributed by atoms with Crippen LogP contribution < -0.4 is 0 Å². The van der Waals surface area contributed by atoms with Gasteiger partial charge in [0.2, 0.25) is 0 Å². The number of hydrogen-bond donors (Lipinski definition) is 0. The van der Waals surface area contributed by atoms with Crippen LogP contribution in [0.25, 0.3) is 0 Å². The summed E-state index contributed by atoms with van der Waals surface area (Å²) in [4.78, 5) is 0. The summed E-state index contributed by atoms with van der Waals surface area (Å²) >= 11 is 0. The first kappa shape index (κ1) is 12.8. The third-order valence-electron chi connectivity index (χ3n) is 4.38. The van der Waals surface area contributed by atoms with Gasteiger partial charge in [0.25, 0.3) is 0 Å². The molecule has 2 aliphatic rings. The van der Waals surface area contributed by atoms with Gasteiger partial charge in [0.15, 0.2) is 0 Å². The van der Waals surface area contributed by atoms with Crippen LogP contribution in [0.5, 0.6) is 0 Å². The van der Waals surface area contributed by atoms with E-state index in [0.29, 0.717) is 6.26 Å². The Bertz CT molecular complexity index is 247. The second kappa shape index (κ2) is 6.36. The van der Waals surface area contributed by atoms with Crippen LogP contribution in [0.3, 0.4) is 0 Å². The fourth-order valence-corrected chi connectivity index (χ4v) is 3.45. The van der Waals surface area contributed by atoms with Gasteiger partial charge in [0.05, 0.1) is 6.10 Å². The highest BCUT2D eigenvalue weighted by molar-refractivity contribution is 4.82. The predicted octanol–water partition coefficient (Wildman–Crippen LogP) is 4.88. The van der Waals surface area contributed by atoms with Gasteiger partial charge in [0, 0.05) is 0 Å². The monoisotopic (exact) mass is 244 g/mol. The Kier molecular flexibility index (Phi) is 4.81. The molecule has 0 saturated heterocycles. The molecule has 2 saturated carbocycles. The minimum atomic E-state index is -1.72. The lowest BCUT2D eigenvalue weighted by Crippen LogP contribution is -2.26. The van der Waals surface area contributed by atoms with Gasteiger partial charge in [-0.25, -0.2) is 0 Å². The summed E-state index contributed by atoms with van der Waals surface area (Å²) in [6.45, 7) is 0. The second-order valence-corrected chi connectivity index (χ2v) is 5.48. The fraction of sp³-hybridized carbons (Fsp3) is 0.857. The quantitative estimate of drug-likeness (QED) is 0.643. The zero-order valence-corrected chi connectivity index (χ0v) is 10.3. The summed E-state index contributed by atoms with van der Waals surface area (Å²) in [7, 11) is 0. The molecule has 0 unspecified atom stereocenters. The van der Waals surface area contributed by atoms with Crippen molar-refractivity contribution in [2.75, 3.05) is 0 Å². The average molecular weight is 244 g/mol. The van der Waals surface area contributed by atoms with E-state index in [-0.39, 0.29) is 6.10 Å². The van der Waals surface area contributed by atoms with Gasteiger partial charge in [-0.3, -0.25) is 0 Å². The minimum absolute atomic E-state index is 0.0244. The van der Waals surface area contributed by atoms with Crippen LogP contribution in [0.2, 0.25) is 0 Å². The molecule has 2 aliphatic carbocycles. The van der Waals surface area contributed by atoms with E-state index in [2.05, 4.69) is 0 Å². The summed E-state index contributed by atoms with van der Waals surface area (Å²) in [5, 5.41) is 0. The van der Waals surface area contributed by atoms with E-state index in [9.17, 15) is 8.78 Å². The van der Waals surface area contributed by atoms with E-state index in [1.807, 2.05) is 0 Å². The van der Waals surface area contributed by atoms with Crippen molar-refractivity contribution in [3.8, 4) is 0 Å². The van der Waals surface area contributed by atoms with Crippen molar-refractivity contribution in [3.05, 3.63) is 12.3 Å². The number of halogens is 2. The highest BCUT2D eigenvalue weighted by atomic mass is 19.3. The molecule has 0 atom stereocenters. The topological polar surface area (TPSA) is 9.23 Å². The van der Waals surface area contributed by atoms with Crippen molar-refractivity contribution < 1.29 is 13.5 Å². The van der Waals surface area contributed by atoms with Crippen molar-refractivity contribution in [2.45, 2.75) is 63.9 Å². The van der Waals surface area contributed by atoms with Crippen molar-refractivity contribution >= 4 is 0 Å². The molecule has 0 aromatic heterocycles. The Morgan fingerprint density at radius 2 is 1.41 bits per heavy atom. The molecule has 2 fully saturated rings. The first-order valence-electron chi connectivity index (χ1n) is 6.92. The van der Waals surface area contributed by atoms with E-state index in [4.69, 9.17) is 4.74 Å². The summed E-state index contributed by atoms with van der Waals surface area (Å²) in [5.74, 6) is 1.73. The Balaban J connectivity index is 1.71. The van der Waals surface area contributed by atoms with Crippen LogP contribution in [0.15, 0.2) is 12.3 Å². The zero-order valence-electron chi connectivity index (χ0n) is 10.3. The number of hydrogen-bond acceptors (Lipinski definition) is 1. The molecule has 0 aromatic carbocycles. The summed E-state index contributed by atoms with van der Waals surface area (Å²) in [6, 6.07) is 0. The number of ether oxygens (including phenoxy) is 1. The SMILES string of the molecule is FC(F)=COC1CCC(C2CCCCC2)CC1. The minimum Gasteiger partial charge on any atom is -0.492 e. The van der Waals surface area contributed by atoms with Gasteiger partial charge >= 0.3 is 6.08 Å². The molecule has 3 heteroatoms. The van der Waals surface area contributed by atoms with Crippen LogP contribution in [0.1, 0.15) is 57.8 Å². The summed E-state index contributed by atoms with van der Waals surface area (Å²) in [6.07, 6.45) is 10.1. The molecule has 0 spiro atoms. The Hall–Kier alpha value is -0.600. The molecule has 0 aromatic rings. The van der Waals surface area contributed by atoms with Gasteiger partial charge < -0.3 is 4.74 Å². The first-order chi connectivity index (χ1) is 8.25. The molecule has 17 heavy (non-hydrogen) atoms. The Labute approximate surface area is 102 Å². The molecule has 1 nitrogen and oxygen atoms in total. The van der Waals surface area contributed by atoms with Crippen molar-refractivity contribution in [1.29, 1.82) is 0 Å². The van der Waals surface area contributed by atoms with E-state index in [0.717, 1.165) is 37.5 Å². The fourth-order valence-electron chi connectivity index (χ4n) is 3.45. The predicted molar refractivity (Wildman–Crippen MR) is 63.7 cm³/mol. The van der Waals surface area contributed by atoms with Crippen LogP contribution >= 0.6 is 0 Å².